The summed E-state index contributed by atoms with van der Waals surface area (Å²) in [5.41, 5.74) is 2.82. The number of hydrogen-bond donors (Lipinski definition) is 1. The Kier molecular flexibility index (Phi) is 5.40. The molecule has 1 aromatic heterocycles. The first kappa shape index (κ1) is 17.1. The van der Waals surface area contributed by atoms with Gasteiger partial charge in [0.2, 0.25) is 0 Å². The Morgan fingerprint density at radius 2 is 1.68 bits per heavy atom. The molecule has 0 atom stereocenters. The third-order valence-corrected chi connectivity index (χ3v) is 4.37. The molecule has 1 amide bonds. The van der Waals surface area contributed by atoms with E-state index in [0.717, 1.165) is 11.1 Å². The lowest BCUT2D eigenvalue weighted by atomic mass is 10.2. The van der Waals surface area contributed by atoms with Crippen molar-refractivity contribution in [2.45, 2.75) is 13.5 Å². The maximum absolute atomic E-state index is 12.5. The molecule has 3 rings (SSSR count). The summed E-state index contributed by atoms with van der Waals surface area (Å²) in [6.07, 6.45) is 0. The molecule has 0 aliphatic rings. The Balaban J connectivity index is 1.84. The van der Waals surface area contributed by atoms with Gasteiger partial charge in [0, 0.05) is 11.1 Å². The molecule has 0 bridgehead atoms. The number of nitrogens with zero attached hydrogens (tertiary/aromatic N) is 2. The molecule has 0 unspecified atom stereocenters. The minimum absolute atomic E-state index is 0.229. The highest BCUT2D eigenvalue weighted by molar-refractivity contribution is 9.10. The lowest BCUT2D eigenvalue weighted by molar-refractivity contribution is 0.102. The van der Waals surface area contributed by atoms with Crippen molar-refractivity contribution in [2.75, 3.05) is 5.32 Å². The van der Waals surface area contributed by atoms with Crippen molar-refractivity contribution in [1.82, 2.24) is 10.2 Å². The van der Waals surface area contributed by atoms with Gasteiger partial charge in [0.15, 0.2) is 0 Å². The lowest BCUT2D eigenvalue weighted by Gasteiger charge is -2.14. The highest BCUT2D eigenvalue weighted by atomic mass is 79.9. The number of carbonyl (C=O) groups is 1. The van der Waals surface area contributed by atoms with Gasteiger partial charge in [-0.15, -0.1) is 10.2 Å². The lowest BCUT2D eigenvalue weighted by Crippen LogP contribution is -2.15. The maximum Gasteiger partial charge on any atom is 0.258 e. The monoisotopic (exact) mass is 397 g/mol. The minimum atomic E-state index is -0.229. The first-order chi connectivity index (χ1) is 12.1. The van der Waals surface area contributed by atoms with Crippen molar-refractivity contribution in [2.24, 2.45) is 0 Å². The van der Waals surface area contributed by atoms with Crippen molar-refractivity contribution in [3.63, 3.8) is 0 Å². The van der Waals surface area contributed by atoms with Crippen LogP contribution in [0.25, 0.3) is 0 Å². The standard InChI is InChI=1S/C19H16BrN3O2/c1-13-16(21-18(24)15-10-6-3-7-11-15)19(23-22-17(13)20)25-12-14-8-4-2-5-9-14/h2-11H,12H2,1H3,(H,21,22,24). The molecule has 6 heteroatoms. The SMILES string of the molecule is Cc1c(Br)nnc(OCc2ccccc2)c1NC(=O)c1ccccc1. The Morgan fingerprint density at radius 1 is 1.04 bits per heavy atom. The molecule has 126 valence electrons. The van der Waals surface area contributed by atoms with Gasteiger partial charge in [-0.2, -0.15) is 0 Å². The molecular weight excluding hydrogens is 382 g/mol. The number of ether oxygens (including phenoxy) is 1. The van der Waals surface area contributed by atoms with Crippen LogP contribution >= 0.6 is 15.9 Å². The van der Waals surface area contributed by atoms with Gasteiger partial charge in [0.05, 0.1) is 0 Å². The molecule has 0 saturated heterocycles. The van der Waals surface area contributed by atoms with Crippen LogP contribution in [0.15, 0.2) is 65.3 Å². The van der Waals surface area contributed by atoms with Crippen LogP contribution in [0.1, 0.15) is 21.5 Å². The van der Waals surface area contributed by atoms with Crippen LogP contribution in [-0.4, -0.2) is 16.1 Å². The molecule has 0 spiro atoms. The summed E-state index contributed by atoms with van der Waals surface area (Å²) in [6, 6.07) is 18.7. The molecule has 3 aromatic rings. The average Bonchev–Trinajstić information content (AvgIpc) is 2.66. The molecule has 0 aliphatic carbocycles. The first-order valence-corrected chi connectivity index (χ1v) is 8.50. The fourth-order valence-electron chi connectivity index (χ4n) is 2.23. The second-order valence-corrected chi connectivity index (χ2v) is 6.14. The number of amides is 1. The number of hydrogen-bond acceptors (Lipinski definition) is 4. The number of nitrogens with one attached hydrogen (secondary N) is 1. The van der Waals surface area contributed by atoms with Gasteiger partial charge >= 0.3 is 0 Å². The van der Waals surface area contributed by atoms with E-state index in [9.17, 15) is 4.79 Å². The van der Waals surface area contributed by atoms with Crippen molar-refractivity contribution in [1.29, 1.82) is 0 Å². The number of halogens is 1. The Hall–Kier alpha value is -2.73. The van der Waals surface area contributed by atoms with E-state index in [1.165, 1.54) is 0 Å². The molecule has 0 radical (unpaired) electrons. The molecule has 1 N–H and O–H groups in total. The largest absolute Gasteiger partial charge is 0.470 e. The normalized spacial score (nSPS) is 10.3. The molecule has 25 heavy (non-hydrogen) atoms. The van der Waals surface area contributed by atoms with Crippen molar-refractivity contribution >= 4 is 27.5 Å². The van der Waals surface area contributed by atoms with Crippen LogP contribution in [0.3, 0.4) is 0 Å². The summed E-state index contributed by atoms with van der Waals surface area (Å²) >= 11 is 3.34. The van der Waals surface area contributed by atoms with E-state index >= 15 is 0 Å². The summed E-state index contributed by atoms with van der Waals surface area (Å²) in [6.45, 7) is 2.18. The zero-order chi connectivity index (χ0) is 17.6. The Morgan fingerprint density at radius 3 is 2.36 bits per heavy atom. The van der Waals surface area contributed by atoms with Gasteiger partial charge in [0.1, 0.15) is 16.9 Å². The van der Waals surface area contributed by atoms with Gasteiger partial charge in [-0.25, -0.2) is 0 Å². The molecule has 0 fully saturated rings. The van der Waals surface area contributed by atoms with Crippen LogP contribution in [-0.2, 0) is 6.61 Å². The second kappa shape index (κ2) is 7.90. The molecular formula is C19H16BrN3O2. The zero-order valence-corrected chi connectivity index (χ0v) is 15.2. The second-order valence-electron chi connectivity index (χ2n) is 5.39. The predicted octanol–water partition coefficient (Wildman–Crippen LogP) is 4.38. The molecule has 0 aliphatic heterocycles. The van der Waals surface area contributed by atoms with Crippen LogP contribution in [0.5, 0.6) is 5.88 Å². The van der Waals surface area contributed by atoms with E-state index in [1.807, 2.05) is 55.5 Å². The van der Waals surface area contributed by atoms with E-state index in [1.54, 1.807) is 12.1 Å². The smallest absolute Gasteiger partial charge is 0.258 e. The van der Waals surface area contributed by atoms with Crippen LogP contribution < -0.4 is 10.1 Å². The summed E-state index contributed by atoms with van der Waals surface area (Å²) in [7, 11) is 0. The Bertz CT molecular complexity index is 871. The summed E-state index contributed by atoms with van der Waals surface area (Å²) in [5, 5.41) is 11.0. The minimum Gasteiger partial charge on any atom is -0.470 e. The summed E-state index contributed by atoms with van der Waals surface area (Å²) in [5.74, 6) is 0.0574. The predicted molar refractivity (Wildman–Crippen MR) is 99.6 cm³/mol. The quantitative estimate of drug-likeness (QED) is 0.693. The summed E-state index contributed by atoms with van der Waals surface area (Å²) in [4.78, 5) is 12.5. The van der Waals surface area contributed by atoms with E-state index in [4.69, 9.17) is 4.74 Å². The first-order valence-electron chi connectivity index (χ1n) is 7.71. The van der Waals surface area contributed by atoms with E-state index in [0.29, 0.717) is 22.5 Å². The average molecular weight is 398 g/mol. The molecule has 1 heterocycles. The highest BCUT2D eigenvalue weighted by Gasteiger charge is 2.17. The third-order valence-electron chi connectivity index (χ3n) is 3.62. The van der Waals surface area contributed by atoms with Crippen molar-refractivity contribution in [3.8, 4) is 5.88 Å². The fourth-order valence-corrected chi connectivity index (χ4v) is 2.50. The molecule has 2 aromatic carbocycles. The number of benzene rings is 2. The zero-order valence-electron chi connectivity index (χ0n) is 13.6. The molecule has 0 saturated carbocycles. The number of rotatable bonds is 5. The van der Waals surface area contributed by atoms with Gasteiger partial charge < -0.3 is 10.1 Å². The topological polar surface area (TPSA) is 64.1 Å². The Labute approximate surface area is 154 Å². The van der Waals surface area contributed by atoms with Crippen LogP contribution in [0.4, 0.5) is 5.69 Å². The maximum atomic E-state index is 12.5. The number of anilines is 1. The van der Waals surface area contributed by atoms with Crippen molar-refractivity contribution < 1.29 is 9.53 Å². The third kappa shape index (κ3) is 4.22. The number of aromatic nitrogens is 2. The van der Waals surface area contributed by atoms with Crippen LogP contribution in [0, 0.1) is 6.92 Å². The van der Waals surface area contributed by atoms with Crippen LogP contribution in [0.2, 0.25) is 0 Å². The highest BCUT2D eigenvalue weighted by Crippen LogP contribution is 2.30. The number of carbonyl (C=O) groups excluding carboxylic acids is 1. The van der Waals surface area contributed by atoms with Crippen molar-refractivity contribution in [3.05, 3.63) is 82.0 Å². The van der Waals surface area contributed by atoms with Gasteiger partial charge in [-0.05, 0) is 40.5 Å². The fraction of sp³-hybridized carbons (Fsp3) is 0.105. The van der Waals surface area contributed by atoms with E-state index in [-0.39, 0.29) is 11.8 Å². The summed E-state index contributed by atoms with van der Waals surface area (Å²) < 4.78 is 6.34. The van der Waals surface area contributed by atoms with Gasteiger partial charge in [-0.3, -0.25) is 4.79 Å². The van der Waals surface area contributed by atoms with Gasteiger partial charge in [-0.1, -0.05) is 48.5 Å². The van der Waals surface area contributed by atoms with Gasteiger partial charge in [0.25, 0.3) is 11.8 Å². The van der Waals surface area contributed by atoms with E-state index in [2.05, 4.69) is 31.4 Å². The van der Waals surface area contributed by atoms with E-state index < -0.39 is 0 Å². The molecule has 5 nitrogen and oxygen atoms in total.